The molecular weight excluding hydrogens is 414 g/mol. The van der Waals surface area contributed by atoms with Crippen molar-refractivity contribution >= 4 is 16.7 Å². The van der Waals surface area contributed by atoms with E-state index in [1.165, 1.54) is 5.56 Å². The van der Waals surface area contributed by atoms with Crippen molar-refractivity contribution in [2.75, 3.05) is 18.8 Å². The summed E-state index contributed by atoms with van der Waals surface area (Å²) in [5, 5.41) is 3.71. The second-order valence-electron chi connectivity index (χ2n) is 7.73. The van der Waals surface area contributed by atoms with Crippen LogP contribution in [-0.4, -0.2) is 44.0 Å². The lowest BCUT2D eigenvalue weighted by Crippen LogP contribution is -2.40. The maximum absolute atomic E-state index is 13.2. The molecule has 0 bridgehead atoms. The summed E-state index contributed by atoms with van der Waals surface area (Å²) in [6.45, 7) is 3.27. The van der Waals surface area contributed by atoms with Gasteiger partial charge in [-0.05, 0) is 42.9 Å². The van der Waals surface area contributed by atoms with E-state index in [0.29, 0.717) is 34.5 Å². The van der Waals surface area contributed by atoms with Crippen LogP contribution in [0.3, 0.4) is 0 Å². The number of hydrogen-bond donors (Lipinski definition) is 1. The van der Waals surface area contributed by atoms with E-state index < -0.39 is 16.6 Å². The first-order valence-corrected chi connectivity index (χ1v) is 11.8. The van der Waals surface area contributed by atoms with Gasteiger partial charge in [-0.15, -0.1) is 0 Å². The smallest absolute Gasteiger partial charge is 0.338 e. The summed E-state index contributed by atoms with van der Waals surface area (Å²) in [5.74, 6) is 0.654. The van der Waals surface area contributed by atoms with Gasteiger partial charge >= 0.3 is 5.76 Å². The number of amides is 1. The molecule has 8 heteroatoms. The third-order valence-corrected chi connectivity index (χ3v) is 6.99. The molecule has 0 saturated carbocycles. The lowest BCUT2D eigenvalue weighted by Gasteiger charge is -2.33. The predicted octanol–water partition coefficient (Wildman–Crippen LogP) is 3.25. The van der Waals surface area contributed by atoms with Gasteiger partial charge in [0.05, 0.1) is 21.3 Å². The Kier molecular flexibility index (Phi) is 6.46. The van der Waals surface area contributed by atoms with Crippen LogP contribution in [-0.2, 0) is 17.2 Å². The molecule has 2 atom stereocenters. The molecule has 1 amide bonds. The maximum atomic E-state index is 13.2. The second-order valence-corrected chi connectivity index (χ2v) is 9.44. The van der Waals surface area contributed by atoms with Crippen molar-refractivity contribution in [3.8, 4) is 11.4 Å². The summed E-state index contributed by atoms with van der Waals surface area (Å²) in [6, 6.07) is 15.1. The fourth-order valence-electron chi connectivity index (χ4n) is 4.07. The molecule has 1 aliphatic rings. The summed E-state index contributed by atoms with van der Waals surface area (Å²) in [7, 11) is -1.17. The monoisotopic (exact) mass is 439 g/mol. The zero-order valence-corrected chi connectivity index (χ0v) is 18.2. The molecule has 1 fully saturated rings. The number of hydrogen-bond acceptors (Lipinski definition) is 5. The van der Waals surface area contributed by atoms with Crippen LogP contribution in [0.5, 0.6) is 0 Å². The molecule has 2 unspecified atom stereocenters. The highest BCUT2D eigenvalue weighted by atomic mass is 32.2. The number of H-pyrrole nitrogens is 1. The number of carbonyl (C=O) groups is 1. The fourth-order valence-corrected chi connectivity index (χ4v) is 5.01. The van der Waals surface area contributed by atoms with Crippen molar-refractivity contribution in [1.82, 2.24) is 15.0 Å². The number of rotatable bonds is 6. The molecule has 0 spiro atoms. The van der Waals surface area contributed by atoms with Gasteiger partial charge in [-0.3, -0.25) is 18.5 Å². The van der Waals surface area contributed by atoms with E-state index >= 15 is 0 Å². The topological polar surface area (TPSA) is 96.3 Å². The maximum Gasteiger partial charge on any atom is 0.439 e. The normalized spacial score (nSPS) is 17.5. The van der Waals surface area contributed by atoms with E-state index in [0.717, 1.165) is 31.4 Å². The zero-order valence-electron chi connectivity index (χ0n) is 17.4. The van der Waals surface area contributed by atoms with Gasteiger partial charge in [0.2, 0.25) is 0 Å². The van der Waals surface area contributed by atoms with E-state index in [1.54, 1.807) is 12.1 Å². The summed E-state index contributed by atoms with van der Waals surface area (Å²) in [5.41, 5.74) is 2.51. The van der Waals surface area contributed by atoms with E-state index in [-0.39, 0.29) is 5.91 Å². The van der Waals surface area contributed by atoms with Crippen LogP contribution < -0.4 is 5.76 Å². The molecule has 2 heterocycles. The Morgan fingerprint density at radius 3 is 2.71 bits per heavy atom. The van der Waals surface area contributed by atoms with Crippen LogP contribution in [0, 0.1) is 5.92 Å². The van der Waals surface area contributed by atoms with E-state index in [1.807, 2.05) is 48.2 Å². The van der Waals surface area contributed by atoms with Gasteiger partial charge in [-0.2, -0.15) is 0 Å². The molecule has 3 aromatic rings. The Bertz CT molecular complexity index is 1140. The van der Waals surface area contributed by atoms with Crippen LogP contribution in [0.25, 0.3) is 11.4 Å². The Labute approximate surface area is 182 Å². The molecule has 162 valence electrons. The van der Waals surface area contributed by atoms with E-state index in [4.69, 9.17) is 0 Å². The van der Waals surface area contributed by atoms with Crippen LogP contribution in [0.15, 0.2) is 62.7 Å². The van der Waals surface area contributed by atoms with Gasteiger partial charge < -0.3 is 4.90 Å². The highest BCUT2D eigenvalue weighted by Crippen LogP contribution is 2.25. The van der Waals surface area contributed by atoms with Gasteiger partial charge in [0.1, 0.15) is 0 Å². The predicted molar refractivity (Wildman–Crippen MR) is 118 cm³/mol. The summed E-state index contributed by atoms with van der Waals surface area (Å²) in [4.78, 5) is 29.4. The Hall–Kier alpha value is -3.00. The fraction of sp³-hybridized carbons (Fsp3) is 0.348. The molecule has 1 saturated heterocycles. The minimum absolute atomic E-state index is 0.0348. The van der Waals surface area contributed by atoms with Gasteiger partial charge in [0.15, 0.2) is 5.82 Å². The van der Waals surface area contributed by atoms with Gasteiger partial charge in [0.25, 0.3) is 5.91 Å². The van der Waals surface area contributed by atoms with E-state index in [2.05, 4.69) is 14.7 Å². The first-order valence-electron chi connectivity index (χ1n) is 10.5. The third kappa shape index (κ3) is 4.85. The Morgan fingerprint density at radius 1 is 1.23 bits per heavy atom. The summed E-state index contributed by atoms with van der Waals surface area (Å²) >= 11 is 0. The molecule has 31 heavy (non-hydrogen) atoms. The third-order valence-electron chi connectivity index (χ3n) is 5.62. The number of carbonyl (C=O) groups excluding carboxylic acids is 1. The van der Waals surface area contributed by atoms with Crippen LogP contribution >= 0.6 is 0 Å². The molecular formula is C23H25N3O4S. The summed E-state index contributed by atoms with van der Waals surface area (Å²) < 4.78 is 16.9. The van der Waals surface area contributed by atoms with Crippen LogP contribution in [0.2, 0.25) is 0 Å². The number of aromatic nitrogens is 2. The second kappa shape index (κ2) is 9.43. The van der Waals surface area contributed by atoms with Crippen LogP contribution in [0.4, 0.5) is 0 Å². The number of aromatic amines is 1. The molecule has 0 radical (unpaired) electrons. The van der Waals surface area contributed by atoms with Gasteiger partial charge in [0, 0.05) is 24.4 Å². The molecule has 4 rings (SSSR count). The van der Waals surface area contributed by atoms with Gasteiger partial charge in [-0.1, -0.05) is 48.5 Å². The first kappa shape index (κ1) is 21.2. The Morgan fingerprint density at radius 2 is 2.00 bits per heavy atom. The number of nitrogens with zero attached hydrogens (tertiary/aromatic N) is 2. The molecule has 1 aromatic heterocycles. The molecule has 0 aliphatic carbocycles. The Balaban J connectivity index is 1.44. The molecule has 1 N–H and O–H groups in total. The van der Waals surface area contributed by atoms with Crippen molar-refractivity contribution in [2.45, 2.75) is 31.1 Å². The first-order chi connectivity index (χ1) is 15.0. The number of nitrogens with one attached hydrogen (secondary N) is 1. The van der Waals surface area contributed by atoms with Crippen LogP contribution in [0.1, 0.15) is 35.7 Å². The standard InChI is InChI=1S/C23H25N3O4S/c1-2-31(29)20-8-4-3-7-19(20)22(27)26-13-5-6-17(15-26)14-16-9-11-18(12-10-16)21-24-23(28)30-25-21/h3-4,7-12,17H,2,5-6,13-15H2,1H3,(H,24,25,28). The SMILES string of the molecule is CCS(=O)c1ccccc1C(=O)N1CCCC(Cc2ccc(-c3noc(=O)[nH]3)cc2)C1. The van der Waals surface area contributed by atoms with Crippen molar-refractivity contribution < 1.29 is 13.5 Å². The van der Waals surface area contributed by atoms with Crippen molar-refractivity contribution in [3.63, 3.8) is 0 Å². The lowest BCUT2D eigenvalue weighted by molar-refractivity contribution is 0.0669. The minimum atomic E-state index is -1.17. The average molecular weight is 440 g/mol. The number of piperidine rings is 1. The molecule has 1 aliphatic heterocycles. The highest BCUT2D eigenvalue weighted by molar-refractivity contribution is 7.85. The average Bonchev–Trinajstić information content (AvgIpc) is 3.25. The molecule has 7 nitrogen and oxygen atoms in total. The molecule has 2 aromatic carbocycles. The number of likely N-dealkylation sites (tertiary alicyclic amines) is 1. The number of benzene rings is 2. The van der Waals surface area contributed by atoms with E-state index in [9.17, 15) is 13.8 Å². The van der Waals surface area contributed by atoms with Crippen molar-refractivity contribution in [1.29, 1.82) is 0 Å². The highest BCUT2D eigenvalue weighted by Gasteiger charge is 2.26. The minimum Gasteiger partial charge on any atom is -0.338 e. The quantitative estimate of drug-likeness (QED) is 0.636. The largest absolute Gasteiger partial charge is 0.439 e. The van der Waals surface area contributed by atoms with Crippen molar-refractivity contribution in [2.24, 2.45) is 5.92 Å². The zero-order chi connectivity index (χ0) is 21.8. The summed E-state index contributed by atoms with van der Waals surface area (Å²) in [6.07, 6.45) is 2.88. The lowest BCUT2D eigenvalue weighted by atomic mass is 9.90. The van der Waals surface area contributed by atoms with Crippen molar-refractivity contribution in [3.05, 3.63) is 70.2 Å². The van der Waals surface area contributed by atoms with Gasteiger partial charge in [-0.25, -0.2) is 4.79 Å².